The summed E-state index contributed by atoms with van der Waals surface area (Å²) in [5.41, 5.74) is 2.98. The zero-order valence-electron chi connectivity index (χ0n) is 17.3. The third kappa shape index (κ3) is 3.08. The summed E-state index contributed by atoms with van der Waals surface area (Å²) in [6.45, 7) is 4.26. The monoisotopic (exact) mass is 426 g/mol. The lowest BCUT2D eigenvalue weighted by Gasteiger charge is -2.34. The van der Waals surface area contributed by atoms with E-state index in [0.29, 0.717) is 34.7 Å². The van der Waals surface area contributed by atoms with Crippen molar-refractivity contribution >= 4 is 17.7 Å². The van der Waals surface area contributed by atoms with E-state index in [1.54, 1.807) is 18.2 Å². The predicted molar refractivity (Wildman–Crippen MR) is 110 cm³/mol. The molecule has 0 aromatic heterocycles. The zero-order chi connectivity index (χ0) is 21.9. The molecule has 2 heterocycles. The van der Waals surface area contributed by atoms with Crippen molar-refractivity contribution < 1.29 is 28.6 Å². The first-order chi connectivity index (χ1) is 14.8. The summed E-state index contributed by atoms with van der Waals surface area (Å²) in [5, 5.41) is 12.4. The van der Waals surface area contributed by atoms with Crippen LogP contribution in [0.5, 0.6) is 11.5 Å². The Bertz CT molecular complexity index is 1110. The number of rotatable bonds is 2. The Morgan fingerprint density at radius 3 is 2.81 bits per heavy atom. The van der Waals surface area contributed by atoms with Gasteiger partial charge in [-0.2, -0.15) is 0 Å². The summed E-state index contributed by atoms with van der Waals surface area (Å²) in [4.78, 5) is 26.3. The Morgan fingerprint density at radius 1 is 1.23 bits per heavy atom. The van der Waals surface area contributed by atoms with E-state index < -0.39 is 18.0 Å². The molecular weight excluding hydrogens is 403 g/mol. The van der Waals surface area contributed by atoms with Crippen molar-refractivity contribution in [2.24, 2.45) is 0 Å². The molecule has 7 nitrogen and oxygen atoms in total. The van der Waals surface area contributed by atoms with Crippen LogP contribution in [0, 0.1) is 5.82 Å². The molecule has 2 N–H and O–H groups in total. The van der Waals surface area contributed by atoms with Crippen molar-refractivity contribution in [3.63, 3.8) is 0 Å². The molecule has 0 saturated carbocycles. The van der Waals surface area contributed by atoms with Crippen molar-refractivity contribution in [1.82, 2.24) is 4.90 Å². The average molecular weight is 426 g/mol. The number of carbonyl (C=O) groups is 2. The molecule has 31 heavy (non-hydrogen) atoms. The van der Waals surface area contributed by atoms with Gasteiger partial charge in [0.05, 0.1) is 0 Å². The van der Waals surface area contributed by atoms with Crippen LogP contribution in [0.4, 0.5) is 14.9 Å². The fraction of sp³-hybridized carbons (Fsp3) is 0.391. The van der Waals surface area contributed by atoms with Gasteiger partial charge in [-0.05, 0) is 59.6 Å². The number of carboxylic acid groups (broad SMARTS) is 1. The summed E-state index contributed by atoms with van der Waals surface area (Å²) < 4.78 is 25.8. The van der Waals surface area contributed by atoms with Gasteiger partial charge in [0.25, 0.3) is 5.91 Å². The fourth-order valence-corrected chi connectivity index (χ4v) is 5.05. The molecule has 2 aromatic carbocycles. The maximum absolute atomic E-state index is 14.8. The van der Waals surface area contributed by atoms with E-state index in [2.05, 4.69) is 5.32 Å². The topological polar surface area (TPSA) is 88.1 Å². The van der Waals surface area contributed by atoms with Gasteiger partial charge in [-0.25, -0.2) is 9.18 Å². The van der Waals surface area contributed by atoms with E-state index in [1.165, 1.54) is 6.07 Å². The number of hydrogen-bond donors (Lipinski definition) is 2. The van der Waals surface area contributed by atoms with Crippen LogP contribution >= 0.6 is 0 Å². The number of hydrogen-bond acceptors (Lipinski definition) is 4. The van der Waals surface area contributed by atoms with Gasteiger partial charge in [0.15, 0.2) is 11.5 Å². The van der Waals surface area contributed by atoms with Crippen molar-refractivity contribution in [2.75, 3.05) is 18.7 Å². The number of amides is 2. The highest BCUT2D eigenvalue weighted by Crippen LogP contribution is 2.44. The summed E-state index contributed by atoms with van der Waals surface area (Å²) in [6.07, 6.45) is 0.804. The molecule has 0 fully saturated rings. The van der Waals surface area contributed by atoms with Gasteiger partial charge < -0.3 is 19.9 Å². The second-order valence-corrected chi connectivity index (χ2v) is 8.86. The molecule has 1 aliphatic carbocycles. The highest BCUT2D eigenvalue weighted by atomic mass is 19.1. The number of halogens is 1. The lowest BCUT2D eigenvalue weighted by molar-refractivity contribution is -0.121. The number of benzene rings is 2. The molecule has 0 radical (unpaired) electrons. The molecule has 162 valence electrons. The first-order valence-electron chi connectivity index (χ1n) is 10.3. The van der Waals surface area contributed by atoms with Crippen molar-refractivity contribution in [3.8, 4) is 11.5 Å². The highest BCUT2D eigenvalue weighted by Gasteiger charge is 2.39. The van der Waals surface area contributed by atoms with Crippen LogP contribution in [0.2, 0.25) is 0 Å². The smallest absolute Gasteiger partial charge is 0.408 e. The van der Waals surface area contributed by atoms with Gasteiger partial charge >= 0.3 is 6.09 Å². The molecule has 0 saturated heterocycles. The van der Waals surface area contributed by atoms with E-state index in [4.69, 9.17) is 9.47 Å². The molecule has 5 rings (SSSR count). The SMILES string of the molecule is CC1(C)CCc2cc(NC(=O)C3c4ccc5c(c4CCN3C(=O)O)OCO5)cc(F)c21. The van der Waals surface area contributed by atoms with E-state index in [-0.39, 0.29) is 24.6 Å². The van der Waals surface area contributed by atoms with Crippen LogP contribution in [0.15, 0.2) is 24.3 Å². The minimum atomic E-state index is -1.19. The summed E-state index contributed by atoms with van der Waals surface area (Å²) >= 11 is 0. The lowest BCUT2D eigenvalue weighted by atomic mass is 9.86. The third-order valence-electron chi connectivity index (χ3n) is 6.52. The van der Waals surface area contributed by atoms with E-state index in [0.717, 1.165) is 28.9 Å². The predicted octanol–water partition coefficient (Wildman–Crippen LogP) is 3.99. The molecule has 1 unspecified atom stereocenters. The molecule has 0 bridgehead atoms. The van der Waals surface area contributed by atoms with E-state index >= 15 is 0 Å². The second kappa shape index (κ2) is 6.87. The molecule has 0 spiro atoms. The van der Waals surface area contributed by atoms with Crippen LogP contribution in [0.3, 0.4) is 0 Å². The van der Waals surface area contributed by atoms with Crippen LogP contribution in [0.25, 0.3) is 0 Å². The Labute approximate surface area is 178 Å². The van der Waals surface area contributed by atoms with Crippen molar-refractivity contribution in [2.45, 2.75) is 44.6 Å². The molecule has 2 aromatic rings. The number of aryl methyl sites for hydroxylation is 1. The maximum atomic E-state index is 14.8. The average Bonchev–Trinajstić information content (AvgIpc) is 3.31. The first kappa shape index (κ1) is 19.7. The van der Waals surface area contributed by atoms with Gasteiger partial charge in [-0.15, -0.1) is 0 Å². The molecule has 3 aliphatic rings. The van der Waals surface area contributed by atoms with Crippen LogP contribution in [-0.4, -0.2) is 35.3 Å². The van der Waals surface area contributed by atoms with Crippen molar-refractivity contribution in [1.29, 1.82) is 0 Å². The zero-order valence-corrected chi connectivity index (χ0v) is 17.3. The normalized spacial score (nSPS) is 20.2. The van der Waals surface area contributed by atoms with Crippen LogP contribution in [-0.2, 0) is 23.1 Å². The van der Waals surface area contributed by atoms with Crippen molar-refractivity contribution in [3.05, 3.63) is 52.3 Å². The minimum absolute atomic E-state index is 0.0933. The van der Waals surface area contributed by atoms with Gasteiger partial charge in [0.2, 0.25) is 6.79 Å². The Morgan fingerprint density at radius 2 is 2.03 bits per heavy atom. The molecule has 2 aliphatic heterocycles. The Balaban J connectivity index is 1.50. The summed E-state index contributed by atoms with van der Waals surface area (Å²) in [7, 11) is 0. The van der Waals surface area contributed by atoms with Crippen LogP contribution < -0.4 is 14.8 Å². The lowest BCUT2D eigenvalue weighted by Crippen LogP contribution is -2.44. The molecule has 1 atom stereocenters. The summed E-state index contributed by atoms with van der Waals surface area (Å²) in [5.74, 6) is 0.271. The molecular formula is C23H23FN2O5. The molecule has 2 amide bonds. The Kier molecular flexibility index (Phi) is 4.35. The Hall–Kier alpha value is -3.29. The molecule has 8 heteroatoms. The van der Waals surface area contributed by atoms with Gasteiger partial charge in [0.1, 0.15) is 11.9 Å². The highest BCUT2D eigenvalue weighted by molar-refractivity contribution is 5.98. The first-order valence-corrected chi connectivity index (χ1v) is 10.3. The van der Waals surface area contributed by atoms with E-state index in [9.17, 15) is 19.1 Å². The number of fused-ring (bicyclic) bond motifs is 4. The number of carbonyl (C=O) groups excluding carboxylic acids is 1. The third-order valence-corrected chi connectivity index (χ3v) is 6.52. The van der Waals surface area contributed by atoms with Gasteiger partial charge in [-0.1, -0.05) is 19.9 Å². The van der Waals surface area contributed by atoms with E-state index in [1.807, 2.05) is 13.8 Å². The minimum Gasteiger partial charge on any atom is -0.465 e. The number of anilines is 1. The summed E-state index contributed by atoms with van der Waals surface area (Å²) in [6, 6.07) is 5.43. The fourth-order valence-electron chi connectivity index (χ4n) is 5.05. The second-order valence-electron chi connectivity index (χ2n) is 8.86. The van der Waals surface area contributed by atoms with Gasteiger partial charge in [0, 0.05) is 17.8 Å². The number of ether oxygens (including phenoxy) is 2. The largest absolute Gasteiger partial charge is 0.465 e. The standard InChI is InChI=1S/C23H23FN2O5/c1-23(2)7-5-12-9-13(10-16(24)18(12)23)25-21(27)19-14-3-4-17-20(31-11-30-17)15(14)6-8-26(19)22(28)29/h3-4,9-10,19H,5-8,11H2,1-2H3,(H,25,27)(H,28,29). The van der Waals surface area contributed by atoms with Crippen LogP contribution in [0.1, 0.15) is 48.6 Å². The number of nitrogens with one attached hydrogen (secondary N) is 1. The van der Waals surface area contributed by atoms with Gasteiger partial charge in [-0.3, -0.25) is 9.69 Å². The maximum Gasteiger partial charge on any atom is 0.408 e. The quantitative estimate of drug-likeness (QED) is 0.758. The number of nitrogens with zero attached hydrogens (tertiary/aromatic N) is 1.